The van der Waals surface area contributed by atoms with Crippen LogP contribution < -0.4 is 13.6 Å². The number of allylic oxidation sites excluding steroid dienone is 2. The van der Waals surface area contributed by atoms with Gasteiger partial charge in [-0.2, -0.15) is 0 Å². The van der Waals surface area contributed by atoms with Gasteiger partial charge in [-0.1, -0.05) is 113 Å². The van der Waals surface area contributed by atoms with E-state index >= 15 is 0 Å². The number of rotatable bonds is 15. The summed E-state index contributed by atoms with van der Waals surface area (Å²) in [4.78, 5) is 0. The molecule has 1 aliphatic heterocycles. The number of phenols is 1. The zero-order chi connectivity index (χ0) is 36.2. The van der Waals surface area contributed by atoms with E-state index in [1.54, 1.807) is 0 Å². The molecule has 0 amide bonds. The average Bonchev–Trinajstić information content (AvgIpc) is 2.96. The highest BCUT2D eigenvalue weighted by Crippen LogP contribution is 2.49. The van der Waals surface area contributed by atoms with Gasteiger partial charge in [0, 0.05) is 0 Å². The molecule has 0 aromatic heterocycles. The smallest absolute Gasteiger partial charge is 0.258 e. The summed E-state index contributed by atoms with van der Waals surface area (Å²) in [6, 6.07) is 10.3. The number of benzene rings is 2. The maximum atomic E-state index is 11.0. The first-order chi connectivity index (χ1) is 22.3. The van der Waals surface area contributed by atoms with Crippen molar-refractivity contribution in [2.75, 3.05) is 0 Å². The molecule has 1 atom stereocenters. The van der Waals surface area contributed by atoms with Crippen LogP contribution in [-0.4, -0.2) is 27.3 Å². The predicted octanol–water partition coefficient (Wildman–Crippen LogP) is 13.6. The van der Waals surface area contributed by atoms with Gasteiger partial charge in [0.05, 0.1) is 5.56 Å². The number of phenolic OH excluding ortho intramolecular Hbond substituents is 1. The van der Waals surface area contributed by atoms with Crippen LogP contribution in [0, 0.1) is 0 Å². The number of ether oxygens (including phenoxy) is 1. The molecule has 2 aromatic carbocycles. The Morgan fingerprint density at radius 2 is 1.23 bits per heavy atom. The quantitative estimate of drug-likeness (QED) is 0.115. The van der Waals surface area contributed by atoms with Gasteiger partial charge in [0.25, 0.3) is 16.6 Å². The summed E-state index contributed by atoms with van der Waals surface area (Å²) in [5, 5.41) is 11.0. The average molecular weight is 691 g/mol. The first kappa shape index (κ1) is 39.7. The van der Waals surface area contributed by atoms with Crippen molar-refractivity contribution in [3.05, 3.63) is 64.7 Å². The lowest BCUT2D eigenvalue weighted by molar-refractivity contribution is 0.128. The molecule has 2 aromatic rings. The Bertz CT molecular complexity index is 1430. The summed E-state index contributed by atoms with van der Waals surface area (Å²) in [7, 11) is -4.49. The Hall–Kier alpha value is -2.71. The third kappa shape index (κ3) is 8.53. The first-order valence-electron chi connectivity index (χ1n) is 18.4. The van der Waals surface area contributed by atoms with Crippen molar-refractivity contribution >= 4 is 34.9 Å². The number of fused-ring (bicyclic) bond motifs is 1. The van der Waals surface area contributed by atoms with E-state index in [0.29, 0.717) is 39.0 Å². The molecular weight excluding hydrogens is 625 g/mol. The van der Waals surface area contributed by atoms with Crippen LogP contribution in [0.3, 0.4) is 0 Å². The normalized spacial score (nSPS) is 16.9. The predicted molar refractivity (Wildman–Crippen MR) is 214 cm³/mol. The van der Waals surface area contributed by atoms with Gasteiger partial charge in [0.2, 0.25) is 0 Å². The van der Waals surface area contributed by atoms with Crippen molar-refractivity contribution in [3.63, 3.8) is 0 Å². The summed E-state index contributed by atoms with van der Waals surface area (Å²) in [6.45, 7) is 34.3. The van der Waals surface area contributed by atoms with Crippen molar-refractivity contribution in [3.8, 4) is 23.0 Å². The van der Waals surface area contributed by atoms with Crippen molar-refractivity contribution in [1.82, 2.24) is 0 Å². The van der Waals surface area contributed by atoms with Gasteiger partial charge in [-0.3, -0.25) is 0 Å². The summed E-state index contributed by atoms with van der Waals surface area (Å²) < 4.78 is 21.2. The maximum absolute atomic E-state index is 11.0. The van der Waals surface area contributed by atoms with Gasteiger partial charge in [-0.25, -0.2) is 0 Å². The van der Waals surface area contributed by atoms with Gasteiger partial charge in [-0.15, -0.1) is 0 Å². The summed E-state index contributed by atoms with van der Waals surface area (Å²) in [6.07, 6.45) is 12.3. The number of hydrogen-bond donors (Lipinski definition) is 1. The molecule has 266 valence electrons. The first-order valence-corrected chi connectivity index (χ1v) is 22.7. The van der Waals surface area contributed by atoms with Crippen molar-refractivity contribution in [1.29, 1.82) is 0 Å². The van der Waals surface area contributed by atoms with Crippen LogP contribution in [0.15, 0.2) is 48.1 Å². The molecule has 0 fully saturated rings. The van der Waals surface area contributed by atoms with E-state index in [9.17, 15) is 5.11 Å². The Morgan fingerprint density at radius 1 is 0.729 bits per heavy atom. The molecule has 0 radical (unpaired) electrons. The van der Waals surface area contributed by atoms with Crippen LogP contribution in [0.1, 0.15) is 133 Å². The fourth-order valence-electron chi connectivity index (χ4n) is 8.38. The molecule has 3 rings (SSSR count). The van der Waals surface area contributed by atoms with E-state index in [4.69, 9.17) is 13.6 Å². The summed E-state index contributed by atoms with van der Waals surface area (Å²) >= 11 is 0. The van der Waals surface area contributed by atoms with Crippen molar-refractivity contribution in [2.45, 2.75) is 156 Å². The molecule has 1 heterocycles. The lowest BCUT2D eigenvalue weighted by Gasteiger charge is -2.45. The molecule has 0 saturated carbocycles. The third-order valence-corrected chi connectivity index (χ3v) is 22.7. The van der Waals surface area contributed by atoms with E-state index in [1.807, 2.05) is 18.2 Å². The molecule has 4 nitrogen and oxygen atoms in total. The zero-order valence-corrected chi connectivity index (χ0v) is 34.8. The second-order valence-electron chi connectivity index (χ2n) is 16.4. The van der Waals surface area contributed by atoms with E-state index < -0.39 is 22.2 Å². The molecule has 6 heteroatoms. The largest absolute Gasteiger partial charge is 0.540 e. The summed E-state index contributed by atoms with van der Waals surface area (Å²) in [5.74, 6) is 2.69. The summed E-state index contributed by atoms with van der Waals surface area (Å²) in [5.41, 5.74) is 6.21. The van der Waals surface area contributed by atoms with Crippen molar-refractivity contribution in [2.24, 2.45) is 0 Å². The van der Waals surface area contributed by atoms with Crippen LogP contribution in [0.25, 0.3) is 18.2 Å². The monoisotopic (exact) mass is 690 g/mol. The highest BCUT2D eigenvalue weighted by molar-refractivity contribution is 6.79. The molecule has 1 unspecified atom stereocenters. The Morgan fingerprint density at radius 3 is 1.73 bits per heavy atom. The van der Waals surface area contributed by atoms with Gasteiger partial charge >= 0.3 is 0 Å². The maximum Gasteiger partial charge on any atom is 0.258 e. The fraction of sp³-hybridized carbons (Fsp3) is 0.571. The van der Waals surface area contributed by atoms with Gasteiger partial charge in [0.15, 0.2) is 0 Å². The van der Waals surface area contributed by atoms with Crippen molar-refractivity contribution < 1.29 is 18.7 Å². The molecule has 0 aliphatic carbocycles. The second-order valence-corrected chi connectivity index (χ2v) is 27.1. The Balaban J connectivity index is 2.08. The molecule has 0 bridgehead atoms. The van der Waals surface area contributed by atoms with Crippen LogP contribution in [0.4, 0.5) is 0 Å². The van der Waals surface area contributed by atoms with Crippen LogP contribution in [-0.2, 0) is 0 Å². The van der Waals surface area contributed by atoms with Crippen LogP contribution >= 0.6 is 0 Å². The lowest BCUT2D eigenvalue weighted by atomic mass is 9.94. The topological polar surface area (TPSA) is 47.9 Å². The van der Waals surface area contributed by atoms with E-state index in [1.165, 1.54) is 5.57 Å². The molecular formula is C42H66O4Si2. The van der Waals surface area contributed by atoms with Gasteiger partial charge < -0.3 is 18.7 Å². The minimum absolute atomic E-state index is 0.224. The minimum Gasteiger partial charge on any atom is -0.540 e. The number of aromatic hydroxyl groups is 1. The van der Waals surface area contributed by atoms with Crippen LogP contribution in [0.2, 0.25) is 33.2 Å². The van der Waals surface area contributed by atoms with Gasteiger partial charge in [-0.05, 0) is 114 Å². The minimum atomic E-state index is -2.27. The SMILES string of the molecule is CC(C)=CCCC1(C)C=Cc2c(O)cc(/C=C/c3ccc(O[Si](C(C)C)(C(C)C)C(C)C)c(O[Si](C(C)C)(C(C)C)C(C)C)c3)cc2O1. The Kier molecular flexibility index (Phi) is 13.1. The molecule has 48 heavy (non-hydrogen) atoms. The molecule has 0 spiro atoms. The molecule has 0 saturated heterocycles. The fourth-order valence-corrected chi connectivity index (χ4v) is 18.9. The second kappa shape index (κ2) is 15.9. The lowest BCUT2D eigenvalue weighted by Crippen LogP contribution is -2.52. The van der Waals surface area contributed by atoms with Crippen LogP contribution in [0.5, 0.6) is 23.0 Å². The standard InChI is InChI=1S/C42H66O4Si2/c1-28(2)17-16-23-42(15)24-22-37-38(43)25-36(27-40(37)44-42)19-18-35-20-21-39(45-47(29(3)4,30(5)6)31(7)8)41(26-35)46-48(32(9)10,33(11)12)34(13)14/h17-22,24-27,29-34,43H,16,23H2,1-15H3/b19-18+. The number of hydrogen-bond acceptors (Lipinski definition) is 4. The zero-order valence-electron chi connectivity index (χ0n) is 32.8. The molecule has 1 aliphatic rings. The Labute approximate surface area is 296 Å². The third-order valence-electron chi connectivity index (χ3n) is 10.7. The highest BCUT2D eigenvalue weighted by Gasteiger charge is 2.50. The van der Waals surface area contributed by atoms with E-state index in [2.05, 4.69) is 146 Å². The molecule has 1 N–H and O–H groups in total. The van der Waals surface area contributed by atoms with Gasteiger partial charge in [0.1, 0.15) is 28.6 Å². The van der Waals surface area contributed by atoms with E-state index in [0.717, 1.165) is 41.0 Å². The highest BCUT2D eigenvalue weighted by atomic mass is 28.4. The van der Waals surface area contributed by atoms with E-state index in [-0.39, 0.29) is 5.75 Å².